The summed E-state index contributed by atoms with van der Waals surface area (Å²) < 4.78 is 5.29. The van der Waals surface area contributed by atoms with Gasteiger partial charge in [-0.2, -0.15) is 0 Å². The molecule has 2 aromatic carbocycles. The Bertz CT molecular complexity index is 1250. The molecule has 0 fully saturated rings. The van der Waals surface area contributed by atoms with E-state index in [0.717, 1.165) is 46.1 Å². The van der Waals surface area contributed by atoms with Crippen molar-refractivity contribution in [1.29, 1.82) is 0 Å². The molecule has 0 saturated heterocycles. The van der Waals surface area contributed by atoms with Gasteiger partial charge in [-0.25, -0.2) is 4.98 Å². The predicted octanol–water partition coefficient (Wildman–Crippen LogP) is 5.44. The zero-order valence-electron chi connectivity index (χ0n) is 15.5. The molecule has 28 heavy (non-hydrogen) atoms. The van der Waals surface area contributed by atoms with Crippen molar-refractivity contribution in [3.8, 4) is 17.0 Å². The lowest BCUT2D eigenvalue weighted by Crippen LogP contribution is -2.04. The monoisotopic (exact) mass is 388 g/mol. The number of methoxy groups -OCH3 is 1. The molecule has 0 radical (unpaired) electrons. The van der Waals surface area contributed by atoms with Crippen LogP contribution < -0.4 is 10.1 Å². The summed E-state index contributed by atoms with van der Waals surface area (Å²) in [7, 11) is 1.69. The number of benzene rings is 2. The number of H-pyrrole nitrogens is 2. The average Bonchev–Trinajstić information content (AvgIpc) is 3.45. The van der Waals surface area contributed by atoms with E-state index in [1.54, 1.807) is 18.4 Å². The Balaban J connectivity index is 1.28. The summed E-state index contributed by atoms with van der Waals surface area (Å²) in [6.07, 6.45) is 5.03. The lowest BCUT2D eigenvalue weighted by Gasteiger charge is -2.03. The summed E-state index contributed by atoms with van der Waals surface area (Å²) in [6.45, 7) is 0.833. The van der Waals surface area contributed by atoms with E-state index in [0.29, 0.717) is 0 Å². The number of hydrogen-bond acceptors (Lipinski definition) is 4. The van der Waals surface area contributed by atoms with E-state index in [1.807, 2.05) is 24.4 Å². The molecule has 0 aliphatic rings. The molecular weight excluding hydrogens is 368 g/mol. The number of anilines is 1. The first-order valence-corrected chi connectivity index (χ1v) is 10.1. The van der Waals surface area contributed by atoms with Gasteiger partial charge in [-0.05, 0) is 30.2 Å². The molecule has 3 aromatic heterocycles. The number of para-hydroxylation sites is 1. The molecule has 0 aliphatic carbocycles. The third kappa shape index (κ3) is 3.01. The van der Waals surface area contributed by atoms with Gasteiger partial charge in [0.25, 0.3) is 0 Å². The summed E-state index contributed by atoms with van der Waals surface area (Å²) in [5.74, 6) is 0.867. The molecule has 6 heteroatoms. The lowest BCUT2D eigenvalue weighted by molar-refractivity contribution is 0.415. The van der Waals surface area contributed by atoms with Gasteiger partial charge in [0.15, 0.2) is 5.13 Å². The fourth-order valence-electron chi connectivity index (χ4n) is 3.57. The Morgan fingerprint density at radius 1 is 1.04 bits per heavy atom. The minimum absolute atomic E-state index is 0.833. The van der Waals surface area contributed by atoms with Gasteiger partial charge >= 0.3 is 0 Å². The van der Waals surface area contributed by atoms with Gasteiger partial charge in [-0.3, -0.25) is 0 Å². The van der Waals surface area contributed by atoms with E-state index < -0.39 is 0 Å². The summed E-state index contributed by atoms with van der Waals surface area (Å²) in [4.78, 5) is 11.4. The maximum atomic E-state index is 5.29. The summed E-state index contributed by atoms with van der Waals surface area (Å²) in [5.41, 5.74) is 5.68. The normalized spacial score (nSPS) is 11.3. The van der Waals surface area contributed by atoms with Crippen molar-refractivity contribution in [1.82, 2.24) is 15.0 Å². The topological polar surface area (TPSA) is 65.7 Å². The second-order valence-electron chi connectivity index (χ2n) is 6.69. The number of aromatic amines is 2. The number of ether oxygens (including phenoxy) is 1. The lowest BCUT2D eigenvalue weighted by atomic mass is 10.1. The van der Waals surface area contributed by atoms with Crippen LogP contribution in [0.3, 0.4) is 0 Å². The van der Waals surface area contributed by atoms with Crippen LogP contribution >= 0.6 is 11.3 Å². The molecule has 0 saturated carbocycles. The second-order valence-corrected chi connectivity index (χ2v) is 7.55. The molecule has 3 N–H and O–H groups in total. The fraction of sp³-hybridized carbons (Fsp3) is 0.136. The van der Waals surface area contributed by atoms with E-state index in [-0.39, 0.29) is 0 Å². The quantitative estimate of drug-likeness (QED) is 0.363. The molecular formula is C22H20N4OS. The molecule has 5 nitrogen and oxygen atoms in total. The molecule has 0 bridgehead atoms. The summed E-state index contributed by atoms with van der Waals surface area (Å²) in [5, 5.41) is 8.95. The first-order chi connectivity index (χ1) is 13.8. The second kappa shape index (κ2) is 7.05. The average molecular weight is 388 g/mol. The third-order valence-corrected chi connectivity index (χ3v) is 5.81. The maximum Gasteiger partial charge on any atom is 0.183 e. The Kier molecular flexibility index (Phi) is 4.25. The van der Waals surface area contributed by atoms with Crippen molar-refractivity contribution in [2.24, 2.45) is 0 Å². The summed E-state index contributed by atoms with van der Waals surface area (Å²) in [6, 6.07) is 14.4. The molecule has 5 aromatic rings. The zero-order valence-corrected chi connectivity index (χ0v) is 16.3. The number of hydrogen-bond donors (Lipinski definition) is 3. The van der Waals surface area contributed by atoms with Crippen LogP contribution in [-0.4, -0.2) is 28.6 Å². The van der Waals surface area contributed by atoms with E-state index in [2.05, 4.69) is 51.1 Å². The number of nitrogens with one attached hydrogen (secondary N) is 3. The number of aromatic nitrogens is 3. The van der Waals surface area contributed by atoms with E-state index in [1.165, 1.54) is 16.3 Å². The molecule has 0 atom stereocenters. The molecule has 0 unspecified atom stereocenters. The molecule has 5 rings (SSSR count). The van der Waals surface area contributed by atoms with Gasteiger partial charge in [0, 0.05) is 57.8 Å². The standard InChI is InChI=1S/C22H20N4OS/c1-27-15-6-7-16-14(11-24-20(16)10-15)8-9-23-22-26-21(13-28-22)18-12-25-19-5-3-2-4-17(18)19/h2-7,10-13,24-25H,8-9H2,1H3,(H,23,26). The van der Waals surface area contributed by atoms with E-state index >= 15 is 0 Å². The Labute approximate surface area is 166 Å². The number of rotatable bonds is 6. The minimum atomic E-state index is 0.833. The van der Waals surface area contributed by atoms with Crippen LogP contribution in [0.15, 0.2) is 60.2 Å². The van der Waals surface area contributed by atoms with Gasteiger partial charge in [0.1, 0.15) is 5.75 Å². The number of fused-ring (bicyclic) bond motifs is 2. The highest BCUT2D eigenvalue weighted by Gasteiger charge is 2.10. The van der Waals surface area contributed by atoms with Crippen molar-refractivity contribution < 1.29 is 4.74 Å². The highest BCUT2D eigenvalue weighted by Crippen LogP contribution is 2.31. The molecule has 140 valence electrons. The predicted molar refractivity (Wildman–Crippen MR) is 116 cm³/mol. The van der Waals surface area contributed by atoms with Crippen LogP contribution in [0.1, 0.15) is 5.56 Å². The van der Waals surface area contributed by atoms with E-state index in [9.17, 15) is 0 Å². The first-order valence-electron chi connectivity index (χ1n) is 9.22. The number of thiazole rings is 1. The molecule has 0 amide bonds. The smallest absolute Gasteiger partial charge is 0.183 e. The van der Waals surface area contributed by atoms with Crippen molar-refractivity contribution in [3.05, 3.63) is 65.8 Å². The van der Waals surface area contributed by atoms with E-state index in [4.69, 9.17) is 9.72 Å². The maximum absolute atomic E-state index is 5.29. The SMILES string of the molecule is COc1ccc2c(CCNc3nc(-c4c[nH]c5ccccc45)cs3)c[nH]c2c1. The van der Waals surface area contributed by atoms with Crippen LogP contribution in [-0.2, 0) is 6.42 Å². The highest BCUT2D eigenvalue weighted by atomic mass is 32.1. The van der Waals surface area contributed by atoms with Gasteiger partial charge < -0.3 is 20.0 Å². The van der Waals surface area contributed by atoms with Crippen LogP contribution in [0.5, 0.6) is 5.75 Å². The Morgan fingerprint density at radius 3 is 2.86 bits per heavy atom. The van der Waals surface area contributed by atoms with Crippen molar-refractivity contribution in [2.75, 3.05) is 19.0 Å². The summed E-state index contributed by atoms with van der Waals surface area (Å²) >= 11 is 1.64. The van der Waals surface area contributed by atoms with Crippen LogP contribution in [0.4, 0.5) is 5.13 Å². The Hall–Kier alpha value is -3.25. The Morgan fingerprint density at radius 2 is 1.93 bits per heavy atom. The fourth-order valence-corrected chi connectivity index (χ4v) is 4.30. The van der Waals surface area contributed by atoms with Crippen LogP contribution in [0, 0.1) is 0 Å². The van der Waals surface area contributed by atoms with Crippen molar-refractivity contribution >= 4 is 38.3 Å². The highest BCUT2D eigenvalue weighted by molar-refractivity contribution is 7.14. The van der Waals surface area contributed by atoms with Gasteiger partial charge in [-0.15, -0.1) is 11.3 Å². The minimum Gasteiger partial charge on any atom is -0.497 e. The molecule has 3 heterocycles. The third-order valence-electron chi connectivity index (χ3n) is 5.01. The van der Waals surface area contributed by atoms with Gasteiger partial charge in [0.2, 0.25) is 0 Å². The van der Waals surface area contributed by atoms with Crippen LogP contribution in [0.25, 0.3) is 33.1 Å². The largest absolute Gasteiger partial charge is 0.497 e. The van der Waals surface area contributed by atoms with Crippen molar-refractivity contribution in [2.45, 2.75) is 6.42 Å². The zero-order chi connectivity index (χ0) is 18.9. The van der Waals surface area contributed by atoms with Gasteiger partial charge in [0.05, 0.1) is 12.8 Å². The first kappa shape index (κ1) is 16.9. The molecule has 0 aliphatic heterocycles. The van der Waals surface area contributed by atoms with Crippen molar-refractivity contribution in [3.63, 3.8) is 0 Å². The number of nitrogens with zero attached hydrogens (tertiary/aromatic N) is 1. The van der Waals surface area contributed by atoms with Crippen LogP contribution in [0.2, 0.25) is 0 Å². The van der Waals surface area contributed by atoms with Gasteiger partial charge in [-0.1, -0.05) is 18.2 Å². The molecule has 0 spiro atoms.